The Labute approximate surface area is 197 Å². The quantitative estimate of drug-likeness (QED) is 0.501. The van der Waals surface area contributed by atoms with E-state index in [4.69, 9.17) is 37.3 Å². The van der Waals surface area contributed by atoms with Crippen LogP contribution in [0.4, 0.5) is 4.39 Å². The third-order valence-corrected chi connectivity index (χ3v) is 5.41. The van der Waals surface area contributed by atoms with E-state index in [0.29, 0.717) is 10.6 Å². The van der Waals surface area contributed by atoms with E-state index in [2.05, 4.69) is 4.98 Å². The standard InChI is InChI=1S/C22H20ClFN4O6/c23-12-3-1-2-11(6-12)7-28-21(20(26)30)27-15-5-4-14(24)18(17(15)22(28)31)34-9-13-8-33-16(10-32-13)19(25)29/h1-6,13,16H,7-10H2,(H2,25,29)(H2,26,30). The highest BCUT2D eigenvalue weighted by Crippen LogP contribution is 2.26. The number of nitrogens with two attached hydrogens (primary N) is 2. The minimum Gasteiger partial charge on any atom is -0.487 e. The lowest BCUT2D eigenvalue weighted by atomic mass is 10.2. The lowest BCUT2D eigenvalue weighted by Gasteiger charge is -2.27. The summed E-state index contributed by atoms with van der Waals surface area (Å²) in [5.74, 6) is -3.04. The molecular formula is C22H20ClFN4O6. The molecule has 2 heterocycles. The fourth-order valence-corrected chi connectivity index (χ4v) is 3.74. The third kappa shape index (κ3) is 4.86. The number of amides is 2. The van der Waals surface area contributed by atoms with Gasteiger partial charge in [0.15, 0.2) is 17.7 Å². The molecule has 1 saturated heterocycles. The first kappa shape index (κ1) is 23.6. The Morgan fingerprint density at radius 3 is 2.65 bits per heavy atom. The molecular weight excluding hydrogens is 471 g/mol. The van der Waals surface area contributed by atoms with Crippen LogP contribution in [0.1, 0.15) is 16.2 Å². The summed E-state index contributed by atoms with van der Waals surface area (Å²) in [6, 6.07) is 8.99. The molecule has 34 heavy (non-hydrogen) atoms. The number of nitrogens with zero attached hydrogens (tertiary/aromatic N) is 2. The average molecular weight is 491 g/mol. The van der Waals surface area contributed by atoms with Gasteiger partial charge in [0, 0.05) is 5.02 Å². The van der Waals surface area contributed by atoms with E-state index in [1.54, 1.807) is 24.3 Å². The predicted molar refractivity (Wildman–Crippen MR) is 119 cm³/mol. The topological polar surface area (TPSA) is 149 Å². The van der Waals surface area contributed by atoms with Crippen molar-refractivity contribution >= 4 is 34.3 Å². The van der Waals surface area contributed by atoms with Crippen molar-refractivity contribution in [2.24, 2.45) is 11.5 Å². The molecule has 3 aromatic rings. The predicted octanol–water partition coefficient (Wildman–Crippen LogP) is 0.984. The van der Waals surface area contributed by atoms with Gasteiger partial charge in [-0.3, -0.25) is 19.0 Å². The van der Waals surface area contributed by atoms with Gasteiger partial charge >= 0.3 is 0 Å². The number of rotatable bonds is 7. The van der Waals surface area contributed by atoms with Gasteiger partial charge in [-0.1, -0.05) is 23.7 Å². The second kappa shape index (κ2) is 9.75. The largest absolute Gasteiger partial charge is 0.487 e. The summed E-state index contributed by atoms with van der Waals surface area (Å²) in [5.41, 5.74) is 10.6. The molecule has 2 atom stereocenters. The Kier molecular flexibility index (Phi) is 6.77. The van der Waals surface area contributed by atoms with Crippen molar-refractivity contribution in [3.63, 3.8) is 0 Å². The number of hydrogen-bond donors (Lipinski definition) is 2. The summed E-state index contributed by atoms with van der Waals surface area (Å²) in [5, 5.41) is 0.266. The number of ether oxygens (including phenoxy) is 3. The zero-order valence-corrected chi connectivity index (χ0v) is 18.5. The molecule has 12 heteroatoms. The number of hydrogen-bond acceptors (Lipinski definition) is 7. The van der Waals surface area contributed by atoms with E-state index >= 15 is 0 Å². The van der Waals surface area contributed by atoms with E-state index in [9.17, 15) is 18.8 Å². The first-order chi connectivity index (χ1) is 16.2. The van der Waals surface area contributed by atoms with Crippen molar-refractivity contribution in [3.05, 3.63) is 69.0 Å². The summed E-state index contributed by atoms with van der Waals surface area (Å²) < 4.78 is 32.2. The SMILES string of the molecule is NC(=O)c1nc2ccc(F)c(OCC3COC(C(N)=O)CO3)c2c(=O)n1Cc1cccc(Cl)c1. The molecule has 10 nitrogen and oxygen atoms in total. The number of aromatic nitrogens is 2. The van der Waals surface area contributed by atoms with Crippen molar-refractivity contribution in [2.75, 3.05) is 19.8 Å². The van der Waals surface area contributed by atoms with Crippen LogP contribution in [-0.2, 0) is 20.8 Å². The number of halogens is 2. The molecule has 4 N–H and O–H groups in total. The Morgan fingerprint density at radius 2 is 2.00 bits per heavy atom. The molecule has 4 rings (SSSR count). The molecule has 2 unspecified atom stereocenters. The minimum atomic E-state index is -0.926. The van der Waals surface area contributed by atoms with Gasteiger partial charge in [-0.05, 0) is 29.8 Å². The van der Waals surface area contributed by atoms with E-state index in [1.165, 1.54) is 6.07 Å². The van der Waals surface area contributed by atoms with Gasteiger partial charge in [0.2, 0.25) is 11.7 Å². The van der Waals surface area contributed by atoms with Gasteiger partial charge in [-0.15, -0.1) is 0 Å². The Hall–Kier alpha value is -3.54. The lowest BCUT2D eigenvalue weighted by Crippen LogP contribution is -2.45. The molecule has 1 aliphatic heterocycles. The Balaban J connectivity index is 1.70. The second-order valence-corrected chi connectivity index (χ2v) is 8.02. The van der Waals surface area contributed by atoms with Gasteiger partial charge in [-0.2, -0.15) is 0 Å². The maximum absolute atomic E-state index is 14.7. The van der Waals surface area contributed by atoms with Gasteiger partial charge in [0.1, 0.15) is 18.1 Å². The number of primary amides is 2. The van der Waals surface area contributed by atoms with Crippen LogP contribution >= 0.6 is 11.6 Å². The van der Waals surface area contributed by atoms with Crippen molar-refractivity contribution < 1.29 is 28.2 Å². The van der Waals surface area contributed by atoms with Crippen molar-refractivity contribution in [2.45, 2.75) is 18.8 Å². The van der Waals surface area contributed by atoms with Crippen molar-refractivity contribution in [1.29, 1.82) is 0 Å². The van der Waals surface area contributed by atoms with Gasteiger partial charge < -0.3 is 25.7 Å². The molecule has 2 amide bonds. The number of carbonyl (C=O) groups is 2. The van der Waals surface area contributed by atoms with E-state index in [-0.39, 0.29) is 48.8 Å². The number of benzene rings is 2. The average Bonchev–Trinajstić information content (AvgIpc) is 2.80. The van der Waals surface area contributed by atoms with E-state index in [0.717, 1.165) is 10.6 Å². The van der Waals surface area contributed by atoms with Crippen LogP contribution in [0, 0.1) is 5.82 Å². The van der Waals surface area contributed by atoms with Crippen molar-refractivity contribution in [1.82, 2.24) is 9.55 Å². The maximum Gasteiger partial charge on any atom is 0.284 e. The fourth-order valence-electron chi connectivity index (χ4n) is 3.53. The molecule has 0 aliphatic carbocycles. The number of carbonyl (C=O) groups excluding carboxylic acids is 2. The summed E-state index contributed by atoms with van der Waals surface area (Å²) in [4.78, 5) is 40.8. The van der Waals surface area contributed by atoms with E-state index in [1.807, 2.05) is 0 Å². The van der Waals surface area contributed by atoms with Crippen LogP contribution in [0.5, 0.6) is 5.75 Å². The molecule has 178 valence electrons. The summed E-state index contributed by atoms with van der Waals surface area (Å²) in [6.07, 6.45) is -1.50. The smallest absolute Gasteiger partial charge is 0.284 e. The highest BCUT2D eigenvalue weighted by atomic mass is 35.5. The highest BCUT2D eigenvalue weighted by molar-refractivity contribution is 6.30. The van der Waals surface area contributed by atoms with Crippen LogP contribution < -0.4 is 21.8 Å². The van der Waals surface area contributed by atoms with Crippen LogP contribution in [0.2, 0.25) is 5.02 Å². The summed E-state index contributed by atoms with van der Waals surface area (Å²) in [7, 11) is 0. The monoisotopic (exact) mass is 490 g/mol. The molecule has 0 spiro atoms. The summed E-state index contributed by atoms with van der Waals surface area (Å²) >= 11 is 6.02. The first-order valence-electron chi connectivity index (χ1n) is 10.2. The van der Waals surface area contributed by atoms with Gasteiger partial charge in [-0.25, -0.2) is 9.37 Å². The maximum atomic E-state index is 14.7. The van der Waals surface area contributed by atoms with Crippen LogP contribution in [-0.4, -0.2) is 53.4 Å². The van der Waals surface area contributed by atoms with Crippen LogP contribution in [0.3, 0.4) is 0 Å². The molecule has 0 bridgehead atoms. The highest BCUT2D eigenvalue weighted by Gasteiger charge is 2.27. The molecule has 0 saturated carbocycles. The molecule has 1 aromatic heterocycles. The number of fused-ring (bicyclic) bond motifs is 1. The minimum absolute atomic E-state index is 0.0108. The summed E-state index contributed by atoms with van der Waals surface area (Å²) in [6.45, 7) is -0.335. The molecule has 1 aliphatic rings. The second-order valence-electron chi connectivity index (χ2n) is 7.58. The van der Waals surface area contributed by atoms with Crippen LogP contribution in [0.15, 0.2) is 41.2 Å². The first-order valence-corrected chi connectivity index (χ1v) is 10.5. The fraction of sp³-hybridized carbons (Fsp3) is 0.273. The van der Waals surface area contributed by atoms with Crippen LogP contribution in [0.25, 0.3) is 10.9 Å². The lowest BCUT2D eigenvalue weighted by molar-refractivity contribution is -0.161. The van der Waals surface area contributed by atoms with E-state index < -0.39 is 35.4 Å². The molecule has 1 fully saturated rings. The van der Waals surface area contributed by atoms with Gasteiger partial charge in [0.25, 0.3) is 11.5 Å². The van der Waals surface area contributed by atoms with Crippen molar-refractivity contribution in [3.8, 4) is 5.75 Å². The zero-order valence-electron chi connectivity index (χ0n) is 17.7. The normalized spacial score (nSPS) is 18.1. The van der Waals surface area contributed by atoms with Gasteiger partial charge in [0.05, 0.1) is 25.3 Å². The molecule has 2 aromatic carbocycles. The molecule has 0 radical (unpaired) electrons. The zero-order chi connectivity index (χ0) is 24.4. The Morgan fingerprint density at radius 1 is 1.21 bits per heavy atom. The Bertz CT molecular complexity index is 1320. The third-order valence-electron chi connectivity index (χ3n) is 5.18.